The minimum absolute atomic E-state index is 0.247. The molecule has 0 spiro atoms. The SMILES string of the molecule is Cc1csc(NS(=O)(=O)c2cc(CN)c(C)cc2C)n1. The van der Waals surface area contributed by atoms with Gasteiger partial charge in [-0.25, -0.2) is 13.4 Å². The molecule has 0 aliphatic carbocycles. The first-order chi connectivity index (χ1) is 9.33. The van der Waals surface area contributed by atoms with Crippen molar-refractivity contribution in [2.24, 2.45) is 5.73 Å². The Labute approximate surface area is 122 Å². The van der Waals surface area contributed by atoms with E-state index in [-0.39, 0.29) is 4.90 Å². The maximum absolute atomic E-state index is 12.4. The molecule has 0 saturated carbocycles. The van der Waals surface area contributed by atoms with Gasteiger partial charge in [0.2, 0.25) is 0 Å². The van der Waals surface area contributed by atoms with Crippen molar-refractivity contribution in [3.05, 3.63) is 39.9 Å². The van der Waals surface area contributed by atoms with Crippen molar-refractivity contribution >= 4 is 26.5 Å². The van der Waals surface area contributed by atoms with Gasteiger partial charge in [0.25, 0.3) is 10.0 Å². The first kappa shape index (κ1) is 15.0. The number of hydrogen-bond donors (Lipinski definition) is 2. The van der Waals surface area contributed by atoms with Crippen molar-refractivity contribution in [1.82, 2.24) is 4.98 Å². The van der Waals surface area contributed by atoms with E-state index in [1.807, 2.05) is 19.9 Å². The van der Waals surface area contributed by atoms with Crippen LogP contribution in [0, 0.1) is 20.8 Å². The Morgan fingerprint density at radius 1 is 1.25 bits per heavy atom. The van der Waals surface area contributed by atoms with Crippen LogP contribution in [0.4, 0.5) is 5.13 Å². The van der Waals surface area contributed by atoms with Crippen LogP contribution >= 0.6 is 11.3 Å². The zero-order valence-corrected chi connectivity index (χ0v) is 13.2. The third-order valence-corrected chi connectivity index (χ3v) is 5.47. The van der Waals surface area contributed by atoms with Gasteiger partial charge in [0.15, 0.2) is 5.13 Å². The number of nitrogens with one attached hydrogen (secondary N) is 1. The number of aromatic nitrogens is 1. The van der Waals surface area contributed by atoms with Crippen LogP contribution in [0.1, 0.15) is 22.4 Å². The molecule has 0 unspecified atom stereocenters. The summed E-state index contributed by atoms with van der Waals surface area (Å²) in [6, 6.07) is 3.47. The van der Waals surface area contributed by atoms with Gasteiger partial charge in [-0.15, -0.1) is 11.3 Å². The van der Waals surface area contributed by atoms with Crippen LogP contribution < -0.4 is 10.5 Å². The van der Waals surface area contributed by atoms with E-state index < -0.39 is 10.0 Å². The summed E-state index contributed by atoms with van der Waals surface area (Å²) < 4.78 is 27.4. The first-order valence-electron chi connectivity index (χ1n) is 6.08. The van der Waals surface area contributed by atoms with E-state index in [2.05, 4.69) is 9.71 Å². The molecule has 0 aliphatic heterocycles. The third kappa shape index (κ3) is 3.00. The minimum Gasteiger partial charge on any atom is -0.326 e. The van der Waals surface area contributed by atoms with E-state index in [0.717, 1.165) is 16.8 Å². The molecule has 0 atom stereocenters. The molecule has 1 aromatic carbocycles. The molecule has 108 valence electrons. The highest BCUT2D eigenvalue weighted by Gasteiger charge is 2.19. The number of benzene rings is 1. The van der Waals surface area contributed by atoms with Crippen LogP contribution in [0.5, 0.6) is 0 Å². The summed E-state index contributed by atoms with van der Waals surface area (Å²) in [5.41, 5.74) is 8.95. The monoisotopic (exact) mass is 311 g/mol. The first-order valence-corrected chi connectivity index (χ1v) is 8.45. The highest BCUT2D eigenvalue weighted by atomic mass is 32.2. The fraction of sp³-hybridized carbons (Fsp3) is 0.308. The Bertz CT molecular complexity index is 736. The molecule has 2 aromatic rings. The van der Waals surface area contributed by atoms with Gasteiger partial charge in [-0.3, -0.25) is 4.72 Å². The minimum atomic E-state index is -3.64. The van der Waals surface area contributed by atoms with Crippen molar-refractivity contribution in [3.63, 3.8) is 0 Å². The Balaban J connectivity index is 2.43. The number of sulfonamides is 1. The second-order valence-electron chi connectivity index (χ2n) is 4.65. The maximum atomic E-state index is 12.4. The summed E-state index contributed by atoms with van der Waals surface area (Å²) in [6.45, 7) is 5.82. The fourth-order valence-electron chi connectivity index (χ4n) is 1.95. The molecule has 0 aliphatic rings. The number of aryl methyl sites for hydroxylation is 3. The summed E-state index contributed by atoms with van der Waals surface area (Å²) in [4.78, 5) is 4.36. The number of thiazole rings is 1. The van der Waals surface area contributed by atoms with E-state index in [0.29, 0.717) is 17.2 Å². The number of rotatable bonds is 4. The lowest BCUT2D eigenvalue weighted by Crippen LogP contribution is -2.15. The molecule has 0 bridgehead atoms. The molecule has 0 saturated heterocycles. The summed E-state index contributed by atoms with van der Waals surface area (Å²) >= 11 is 1.26. The third-order valence-electron chi connectivity index (χ3n) is 2.98. The molecule has 1 aromatic heterocycles. The summed E-state index contributed by atoms with van der Waals surface area (Å²) in [5.74, 6) is 0. The molecule has 0 fully saturated rings. The average Bonchev–Trinajstić information content (AvgIpc) is 2.73. The summed E-state index contributed by atoms with van der Waals surface area (Å²) in [5, 5.41) is 2.17. The second-order valence-corrected chi connectivity index (χ2v) is 7.16. The van der Waals surface area contributed by atoms with Gasteiger partial charge in [0.05, 0.1) is 10.6 Å². The Morgan fingerprint density at radius 2 is 1.95 bits per heavy atom. The highest BCUT2D eigenvalue weighted by molar-refractivity contribution is 7.93. The number of nitrogens with zero attached hydrogens (tertiary/aromatic N) is 1. The van der Waals surface area contributed by atoms with Crippen LogP contribution in [0.15, 0.2) is 22.4 Å². The van der Waals surface area contributed by atoms with Crippen molar-refractivity contribution in [2.45, 2.75) is 32.2 Å². The molecule has 2 rings (SSSR count). The number of hydrogen-bond acceptors (Lipinski definition) is 5. The van der Waals surface area contributed by atoms with Gasteiger partial charge in [-0.1, -0.05) is 6.07 Å². The van der Waals surface area contributed by atoms with E-state index in [1.165, 1.54) is 11.3 Å². The lowest BCUT2D eigenvalue weighted by molar-refractivity contribution is 0.600. The lowest BCUT2D eigenvalue weighted by atomic mass is 10.1. The van der Waals surface area contributed by atoms with Gasteiger partial charge >= 0.3 is 0 Å². The molecule has 0 radical (unpaired) electrons. The zero-order valence-electron chi connectivity index (χ0n) is 11.6. The fourth-order valence-corrected chi connectivity index (χ4v) is 4.17. The van der Waals surface area contributed by atoms with Gasteiger partial charge in [-0.2, -0.15) is 0 Å². The molecule has 7 heteroatoms. The highest BCUT2D eigenvalue weighted by Crippen LogP contribution is 2.24. The van der Waals surface area contributed by atoms with Crippen molar-refractivity contribution in [2.75, 3.05) is 4.72 Å². The van der Waals surface area contributed by atoms with Crippen molar-refractivity contribution < 1.29 is 8.42 Å². The quantitative estimate of drug-likeness (QED) is 0.907. The standard InChI is InChI=1S/C13H17N3O2S2/c1-8-4-9(2)12(5-11(8)6-14)20(17,18)16-13-15-10(3)7-19-13/h4-5,7H,6,14H2,1-3H3,(H,15,16). The number of nitrogens with two attached hydrogens (primary N) is 1. The van der Waals surface area contributed by atoms with Crippen LogP contribution in [0.25, 0.3) is 0 Å². The normalized spacial score (nSPS) is 11.6. The predicted molar refractivity (Wildman–Crippen MR) is 81.5 cm³/mol. The molecule has 3 N–H and O–H groups in total. The molecule has 20 heavy (non-hydrogen) atoms. The maximum Gasteiger partial charge on any atom is 0.263 e. The van der Waals surface area contributed by atoms with E-state index in [4.69, 9.17) is 5.73 Å². The molecule has 5 nitrogen and oxygen atoms in total. The van der Waals surface area contributed by atoms with Gasteiger partial charge in [0.1, 0.15) is 0 Å². The van der Waals surface area contributed by atoms with Crippen LogP contribution in [0.3, 0.4) is 0 Å². The van der Waals surface area contributed by atoms with E-state index in [9.17, 15) is 8.42 Å². The summed E-state index contributed by atoms with van der Waals surface area (Å²) in [7, 11) is -3.64. The van der Waals surface area contributed by atoms with Crippen LogP contribution in [-0.2, 0) is 16.6 Å². The van der Waals surface area contributed by atoms with Crippen LogP contribution in [-0.4, -0.2) is 13.4 Å². The largest absolute Gasteiger partial charge is 0.326 e. The average molecular weight is 311 g/mol. The molecular formula is C13H17N3O2S2. The van der Waals surface area contributed by atoms with Gasteiger partial charge in [-0.05, 0) is 43.5 Å². The molecule has 1 heterocycles. The molecule has 0 amide bonds. The van der Waals surface area contributed by atoms with E-state index >= 15 is 0 Å². The van der Waals surface area contributed by atoms with Gasteiger partial charge in [0, 0.05) is 11.9 Å². The topological polar surface area (TPSA) is 85.1 Å². The number of anilines is 1. The smallest absolute Gasteiger partial charge is 0.263 e. The Hall–Kier alpha value is -1.44. The molecular weight excluding hydrogens is 294 g/mol. The second kappa shape index (κ2) is 5.51. The van der Waals surface area contributed by atoms with Gasteiger partial charge < -0.3 is 5.73 Å². The van der Waals surface area contributed by atoms with Crippen LogP contribution in [0.2, 0.25) is 0 Å². The Morgan fingerprint density at radius 3 is 2.50 bits per heavy atom. The zero-order chi connectivity index (χ0) is 14.9. The van der Waals surface area contributed by atoms with Crippen molar-refractivity contribution in [1.29, 1.82) is 0 Å². The van der Waals surface area contributed by atoms with Crippen molar-refractivity contribution in [3.8, 4) is 0 Å². The summed E-state index contributed by atoms with van der Waals surface area (Å²) in [6.07, 6.45) is 0. The lowest BCUT2D eigenvalue weighted by Gasteiger charge is -2.12. The van der Waals surface area contributed by atoms with E-state index in [1.54, 1.807) is 18.4 Å². The Kier molecular flexibility index (Phi) is 4.12. The predicted octanol–water partition coefficient (Wildman–Crippen LogP) is 2.33.